The van der Waals surface area contributed by atoms with Gasteiger partial charge in [-0.3, -0.25) is 14.8 Å². The molecule has 0 fully saturated rings. The Morgan fingerprint density at radius 2 is 1.60 bits per heavy atom. The molecule has 0 bridgehead atoms. The van der Waals surface area contributed by atoms with Crippen LogP contribution in [0.5, 0.6) is 0 Å². The Kier molecular flexibility index (Phi) is 14.6. The zero-order valence-corrected chi connectivity index (χ0v) is 15.5. The van der Waals surface area contributed by atoms with E-state index in [1.54, 1.807) is 0 Å². The van der Waals surface area contributed by atoms with Gasteiger partial charge in [-0.15, -0.1) is 0 Å². The summed E-state index contributed by atoms with van der Waals surface area (Å²) in [4.78, 5) is 23.1. The fourth-order valence-corrected chi connectivity index (χ4v) is 2.57. The number of aliphatic hydroxyl groups excluding tert-OH is 2. The molecule has 0 aliphatic carbocycles. The molecule has 2 atom stereocenters. The first-order valence-corrected chi connectivity index (χ1v) is 9.48. The smallest absolute Gasteiger partial charge is 0.265 e. The van der Waals surface area contributed by atoms with Crippen molar-refractivity contribution in [3.63, 3.8) is 0 Å². The van der Waals surface area contributed by atoms with Crippen LogP contribution in [0.25, 0.3) is 0 Å². The molecule has 0 heterocycles. The molecule has 1 amide bonds. The van der Waals surface area contributed by atoms with Crippen molar-refractivity contribution in [1.82, 2.24) is 5.06 Å². The average molecular weight is 360 g/mol. The number of amides is 1. The van der Waals surface area contributed by atoms with Gasteiger partial charge >= 0.3 is 0 Å². The highest BCUT2D eigenvalue weighted by atomic mass is 16.5. The Morgan fingerprint density at radius 3 is 2.20 bits per heavy atom. The molecule has 25 heavy (non-hydrogen) atoms. The summed E-state index contributed by atoms with van der Waals surface area (Å²) in [6, 6.07) is -1.16. The van der Waals surface area contributed by atoms with Gasteiger partial charge in [-0.2, -0.15) is 0 Å². The van der Waals surface area contributed by atoms with Crippen molar-refractivity contribution in [2.75, 3.05) is 13.2 Å². The van der Waals surface area contributed by atoms with Crippen LogP contribution in [-0.4, -0.2) is 57.5 Å². The minimum Gasteiger partial charge on any atom is -0.394 e. The average Bonchev–Trinajstić information content (AvgIpc) is 2.61. The Balaban J connectivity index is 3.60. The maximum Gasteiger partial charge on any atom is 0.265 e. The molecule has 0 saturated heterocycles. The zero-order chi connectivity index (χ0) is 19.1. The van der Waals surface area contributed by atoms with Gasteiger partial charge in [-0.05, 0) is 19.3 Å². The molecule has 0 aromatic heterocycles. The SMILES string of the molecule is CCCCCC(O)CCCCCCC(=O)CCN(O)C(=O)[C@@H](N)CO. The van der Waals surface area contributed by atoms with Crippen LogP contribution in [0.3, 0.4) is 0 Å². The predicted octanol–water partition coefficient (Wildman–Crippen LogP) is 1.76. The summed E-state index contributed by atoms with van der Waals surface area (Å²) in [6.07, 6.45) is 9.10. The van der Waals surface area contributed by atoms with Gasteiger partial charge in [-0.1, -0.05) is 45.4 Å². The summed E-state index contributed by atoms with van der Waals surface area (Å²) >= 11 is 0. The number of nitrogens with two attached hydrogens (primary N) is 1. The number of aliphatic hydroxyl groups is 2. The topological polar surface area (TPSA) is 124 Å². The largest absolute Gasteiger partial charge is 0.394 e. The number of unbranched alkanes of at least 4 members (excludes halogenated alkanes) is 5. The summed E-state index contributed by atoms with van der Waals surface area (Å²) < 4.78 is 0. The van der Waals surface area contributed by atoms with Crippen LogP contribution >= 0.6 is 0 Å². The number of Topliss-reactive ketones (excluding diaryl/α,β-unsaturated/α-hetero) is 1. The highest BCUT2D eigenvalue weighted by Gasteiger charge is 2.19. The lowest BCUT2D eigenvalue weighted by Gasteiger charge is -2.17. The minimum atomic E-state index is -1.16. The maximum absolute atomic E-state index is 11.7. The first-order valence-electron chi connectivity index (χ1n) is 9.48. The second kappa shape index (κ2) is 15.3. The fraction of sp³-hybridized carbons (Fsp3) is 0.889. The molecule has 0 aliphatic rings. The second-order valence-corrected chi connectivity index (χ2v) is 6.64. The van der Waals surface area contributed by atoms with Crippen molar-refractivity contribution >= 4 is 11.7 Å². The molecule has 5 N–H and O–H groups in total. The molecule has 0 rings (SSSR count). The van der Waals surface area contributed by atoms with Crippen LogP contribution in [0.15, 0.2) is 0 Å². The van der Waals surface area contributed by atoms with E-state index >= 15 is 0 Å². The number of hydroxylamine groups is 2. The summed E-state index contributed by atoms with van der Waals surface area (Å²) in [5, 5.41) is 28.4. The minimum absolute atomic E-state index is 0.0102. The van der Waals surface area contributed by atoms with Gasteiger partial charge in [0.15, 0.2) is 0 Å². The number of carbonyl (C=O) groups is 2. The predicted molar refractivity (Wildman–Crippen MR) is 96.0 cm³/mol. The highest BCUT2D eigenvalue weighted by molar-refractivity contribution is 5.82. The van der Waals surface area contributed by atoms with E-state index in [0.717, 1.165) is 51.4 Å². The standard InChI is InChI=1S/C18H36N2O5/c1-2-3-6-9-15(22)10-7-4-5-8-11-16(23)12-13-20(25)18(24)17(19)14-21/h15,17,21-22,25H,2-14,19H2,1H3/t15?,17-/m0/s1. The molecule has 1 unspecified atom stereocenters. The Hall–Kier alpha value is -1.02. The van der Waals surface area contributed by atoms with Crippen molar-refractivity contribution < 1.29 is 25.0 Å². The lowest BCUT2D eigenvalue weighted by Crippen LogP contribution is -2.44. The van der Waals surface area contributed by atoms with Gasteiger partial charge in [0.2, 0.25) is 0 Å². The van der Waals surface area contributed by atoms with Crippen LogP contribution in [-0.2, 0) is 9.59 Å². The van der Waals surface area contributed by atoms with Gasteiger partial charge < -0.3 is 15.9 Å². The number of ketones is 1. The fourth-order valence-electron chi connectivity index (χ4n) is 2.57. The third kappa shape index (κ3) is 12.9. The maximum atomic E-state index is 11.7. The van der Waals surface area contributed by atoms with E-state index in [2.05, 4.69) is 6.92 Å². The Labute approximate surface area is 151 Å². The van der Waals surface area contributed by atoms with Crippen molar-refractivity contribution in [3.05, 3.63) is 0 Å². The normalized spacial score (nSPS) is 13.5. The van der Waals surface area contributed by atoms with E-state index in [-0.39, 0.29) is 24.9 Å². The van der Waals surface area contributed by atoms with Gasteiger partial charge in [-0.25, -0.2) is 5.06 Å². The third-order valence-corrected chi connectivity index (χ3v) is 4.25. The van der Waals surface area contributed by atoms with Gasteiger partial charge in [0.05, 0.1) is 19.3 Å². The molecular formula is C18H36N2O5. The lowest BCUT2D eigenvalue weighted by molar-refractivity contribution is -0.168. The van der Waals surface area contributed by atoms with Crippen LogP contribution in [0.1, 0.15) is 77.6 Å². The summed E-state index contributed by atoms with van der Waals surface area (Å²) in [7, 11) is 0. The third-order valence-electron chi connectivity index (χ3n) is 4.25. The molecular weight excluding hydrogens is 324 g/mol. The number of nitrogens with zero attached hydrogens (tertiary/aromatic N) is 1. The van der Waals surface area contributed by atoms with Gasteiger partial charge in [0.25, 0.3) is 5.91 Å². The number of hydrogen-bond donors (Lipinski definition) is 4. The molecule has 0 aliphatic heterocycles. The van der Waals surface area contributed by atoms with E-state index in [0.29, 0.717) is 11.5 Å². The molecule has 7 heteroatoms. The van der Waals surface area contributed by atoms with Crippen molar-refractivity contribution in [2.45, 2.75) is 89.7 Å². The highest BCUT2D eigenvalue weighted by Crippen LogP contribution is 2.12. The molecule has 0 saturated carbocycles. The van der Waals surface area contributed by atoms with E-state index < -0.39 is 18.6 Å². The summed E-state index contributed by atoms with van der Waals surface area (Å²) in [5.41, 5.74) is 5.30. The van der Waals surface area contributed by atoms with Crippen LogP contribution < -0.4 is 5.73 Å². The molecule has 7 nitrogen and oxygen atoms in total. The molecule has 0 aromatic rings. The Morgan fingerprint density at radius 1 is 1.00 bits per heavy atom. The Bertz CT molecular complexity index is 365. The first kappa shape index (κ1) is 24.0. The van der Waals surface area contributed by atoms with Gasteiger partial charge in [0, 0.05) is 12.8 Å². The van der Waals surface area contributed by atoms with E-state index in [1.807, 2.05) is 0 Å². The molecule has 0 spiro atoms. The second-order valence-electron chi connectivity index (χ2n) is 6.64. The first-order chi connectivity index (χ1) is 11.9. The summed E-state index contributed by atoms with van der Waals surface area (Å²) in [5.74, 6) is -0.795. The van der Waals surface area contributed by atoms with E-state index in [4.69, 9.17) is 10.8 Å². The van der Waals surface area contributed by atoms with E-state index in [9.17, 15) is 19.9 Å². The van der Waals surface area contributed by atoms with Crippen LogP contribution in [0.2, 0.25) is 0 Å². The number of carbonyl (C=O) groups excluding carboxylic acids is 2. The monoisotopic (exact) mass is 360 g/mol. The lowest BCUT2D eigenvalue weighted by atomic mass is 10.0. The van der Waals surface area contributed by atoms with Crippen LogP contribution in [0.4, 0.5) is 0 Å². The van der Waals surface area contributed by atoms with Crippen molar-refractivity contribution in [2.24, 2.45) is 5.73 Å². The summed E-state index contributed by atoms with van der Waals surface area (Å²) in [6.45, 7) is 1.50. The van der Waals surface area contributed by atoms with Crippen molar-refractivity contribution in [1.29, 1.82) is 0 Å². The molecule has 148 valence electrons. The van der Waals surface area contributed by atoms with E-state index in [1.165, 1.54) is 6.42 Å². The molecule has 0 aromatic carbocycles. The van der Waals surface area contributed by atoms with Crippen LogP contribution in [0, 0.1) is 0 Å². The number of hydrogen-bond acceptors (Lipinski definition) is 6. The van der Waals surface area contributed by atoms with Crippen molar-refractivity contribution in [3.8, 4) is 0 Å². The number of rotatable bonds is 16. The van der Waals surface area contributed by atoms with Gasteiger partial charge in [0.1, 0.15) is 11.8 Å². The zero-order valence-electron chi connectivity index (χ0n) is 15.5. The quantitative estimate of drug-likeness (QED) is 0.189. The molecule has 0 radical (unpaired) electrons.